The molecule has 0 aliphatic rings. The number of nitrogens with one attached hydrogen (secondary N) is 1. The molecule has 1 aromatic carbocycles. The van der Waals surface area contributed by atoms with Gasteiger partial charge in [0, 0.05) is 13.1 Å². The summed E-state index contributed by atoms with van der Waals surface area (Å²) in [5, 5.41) is 5.01. The predicted molar refractivity (Wildman–Crippen MR) is 102 cm³/mol. The number of rotatable bonds is 9. The van der Waals surface area contributed by atoms with Gasteiger partial charge in [-0.25, -0.2) is 13.1 Å². The van der Waals surface area contributed by atoms with Crippen molar-refractivity contribution in [3.63, 3.8) is 0 Å². The molecule has 1 heterocycles. The quantitative estimate of drug-likeness (QED) is 0.668. The summed E-state index contributed by atoms with van der Waals surface area (Å²) in [6, 6.07) is 7.13. The Bertz CT molecular complexity index is 798. The molecule has 0 atom stereocenters. The Morgan fingerprint density at radius 1 is 1.16 bits per heavy atom. The van der Waals surface area contributed by atoms with E-state index in [4.69, 9.17) is 11.6 Å². The van der Waals surface area contributed by atoms with Gasteiger partial charge in [-0.1, -0.05) is 37.1 Å². The van der Waals surface area contributed by atoms with Crippen molar-refractivity contribution in [2.75, 3.05) is 6.54 Å². The van der Waals surface area contributed by atoms with E-state index in [9.17, 15) is 8.42 Å². The first kappa shape index (κ1) is 19.9. The third kappa shape index (κ3) is 5.30. The fourth-order valence-corrected chi connectivity index (χ4v) is 3.84. The normalized spacial score (nSPS) is 11.8. The van der Waals surface area contributed by atoms with Crippen LogP contribution in [0.4, 0.5) is 0 Å². The van der Waals surface area contributed by atoms with E-state index in [0.717, 1.165) is 30.7 Å². The minimum Gasteiger partial charge on any atom is -0.268 e. The minimum absolute atomic E-state index is 0.307. The van der Waals surface area contributed by atoms with Crippen LogP contribution in [0.3, 0.4) is 0 Å². The first-order valence-corrected chi connectivity index (χ1v) is 10.5. The molecule has 0 fully saturated rings. The van der Waals surface area contributed by atoms with E-state index in [-0.39, 0.29) is 0 Å². The SMILES string of the molecule is CCCCc1ccc(S(=O)(=O)NCCCn2nc(C)c(Cl)c2C)cc1. The molecule has 5 nitrogen and oxygen atoms in total. The van der Waals surface area contributed by atoms with E-state index in [1.54, 1.807) is 12.1 Å². The number of benzene rings is 1. The van der Waals surface area contributed by atoms with Gasteiger partial charge in [-0.3, -0.25) is 4.68 Å². The third-order valence-corrected chi connectivity index (χ3v) is 6.21. The van der Waals surface area contributed by atoms with Crippen LogP contribution in [0.25, 0.3) is 0 Å². The van der Waals surface area contributed by atoms with Crippen LogP contribution in [0.5, 0.6) is 0 Å². The van der Waals surface area contributed by atoms with Crippen LogP contribution in [0.1, 0.15) is 43.1 Å². The molecule has 0 spiro atoms. The largest absolute Gasteiger partial charge is 0.268 e. The van der Waals surface area contributed by atoms with Crippen molar-refractivity contribution < 1.29 is 8.42 Å². The molecule has 0 amide bonds. The molecule has 0 aliphatic carbocycles. The van der Waals surface area contributed by atoms with Crippen LogP contribution in [0.2, 0.25) is 5.02 Å². The van der Waals surface area contributed by atoms with E-state index in [0.29, 0.717) is 29.4 Å². The van der Waals surface area contributed by atoms with Crippen LogP contribution in [-0.2, 0) is 23.0 Å². The lowest BCUT2D eigenvalue weighted by atomic mass is 10.1. The van der Waals surface area contributed by atoms with Crippen LogP contribution in [-0.4, -0.2) is 24.7 Å². The molecule has 138 valence electrons. The molecule has 1 N–H and O–H groups in total. The summed E-state index contributed by atoms with van der Waals surface area (Å²) in [4.78, 5) is 0.307. The number of nitrogens with zero attached hydrogens (tertiary/aromatic N) is 2. The Morgan fingerprint density at radius 2 is 1.84 bits per heavy atom. The highest BCUT2D eigenvalue weighted by atomic mass is 35.5. The van der Waals surface area contributed by atoms with Crippen LogP contribution in [0.15, 0.2) is 29.2 Å². The van der Waals surface area contributed by atoms with Crippen LogP contribution < -0.4 is 4.72 Å². The fraction of sp³-hybridized carbons (Fsp3) is 0.500. The number of halogens is 1. The van der Waals surface area contributed by atoms with E-state index in [1.165, 1.54) is 5.56 Å². The van der Waals surface area contributed by atoms with Gasteiger partial charge in [-0.05, 0) is 50.8 Å². The van der Waals surface area contributed by atoms with Crippen molar-refractivity contribution >= 4 is 21.6 Å². The van der Waals surface area contributed by atoms with E-state index in [1.807, 2.05) is 30.7 Å². The summed E-state index contributed by atoms with van der Waals surface area (Å²) in [5.74, 6) is 0. The van der Waals surface area contributed by atoms with E-state index >= 15 is 0 Å². The van der Waals surface area contributed by atoms with Crippen molar-refractivity contribution in [1.82, 2.24) is 14.5 Å². The predicted octanol–water partition coefficient (Wildman–Crippen LogP) is 3.86. The van der Waals surface area contributed by atoms with Crippen LogP contribution in [0, 0.1) is 13.8 Å². The molecule has 0 radical (unpaired) electrons. The molecule has 0 saturated carbocycles. The molecule has 7 heteroatoms. The Labute approximate surface area is 155 Å². The first-order chi connectivity index (χ1) is 11.8. The van der Waals surface area contributed by atoms with Crippen LogP contribution >= 0.6 is 11.6 Å². The summed E-state index contributed by atoms with van der Waals surface area (Å²) in [5.41, 5.74) is 2.87. The van der Waals surface area contributed by atoms with Crippen molar-refractivity contribution in [2.24, 2.45) is 0 Å². The maximum Gasteiger partial charge on any atom is 0.240 e. The smallest absolute Gasteiger partial charge is 0.240 e. The van der Waals surface area contributed by atoms with Crippen molar-refractivity contribution in [3.05, 3.63) is 46.2 Å². The number of hydrogen-bond donors (Lipinski definition) is 1. The summed E-state index contributed by atoms with van der Waals surface area (Å²) >= 11 is 6.11. The number of unbranched alkanes of at least 4 members (excludes halogenated alkanes) is 1. The van der Waals surface area contributed by atoms with Gasteiger partial charge in [0.2, 0.25) is 10.0 Å². The highest BCUT2D eigenvalue weighted by Gasteiger charge is 2.13. The van der Waals surface area contributed by atoms with Gasteiger partial charge in [-0.15, -0.1) is 0 Å². The molecular weight excluding hydrogens is 358 g/mol. The maximum absolute atomic E-state index is 12.3. The number of hydrogen-bond acceptors (Lipinski definition) is 3. The average Bonchev–Trinajstić information content (AvgIpc) is 2.84. The average molecular weight is 384 g/mol. The van der Waals surface area contributed by atoms with E-state index < -0.39 is 10.0 Å². The highest BCUT2D eigenvalue weighted by molar-refractivity contribution is 7.89. The van der Waals surface area contributed by atoms with E-state index in [2.05, 4.69) is 16.7 Å². The highest BCUT2D eigenvalue weighted by Crippen LogP contribution is 2.19. The van der Waals surface area contributed by atoms with Gasteiger partial charge in [0.1, 0.15) is 0 Å². The van der Waals surface area contributed by atoms with Gasteiger partial charge in [0.15, 0.2) is 0 Å². The first-order valence-electron chi connectivity index (χ1n) is 8.63. The van der Waals surface area contributed by atoms with Crippen molar-refractivity contribution in [3.8, 4) is 0 Å². The molecule has 1 aromatic heterocycles. The zero-order valence-corrected chi connectivity index (χ0v) is 16.6. The molecule has 0 bridgehead atoms. The molecular formula is C18H26ClN3O2S. The summed E-state index contributed by atoms with van der Waals surface area (Å²) in [7, 11) is -3.47. The molecule has 0 unspecified atom stereocenters. The Morgan fingerprint density at radius 3 is 2.40 bits per heavy atom. The number of aryl methyl sites for hydroxylation is 3. The Balaban J connectivity index is 1.87. The summed E-state index contributed by atoms with van der Waals surface area (Å²) in [6.07, 6.45) is 3.87. The topological polar surface area (TPSA) is 64.0 Å². The standard InChI is InChI=1S/C18H26ClN3O2S/c1-4-5-7-16-8-10-17(11-9-16)25(23,24)20-12-6-13-22-15(3)18(19)14(2)21-22/h8-11,20H,4-7,12-13H2,1-3H3. The summed E-state index contributed by atoms with van der Waals surface area (Å²) < 4.78 is 29.1. The molecule has 25 heavy (non-hydrogen) atoms. The fourth-order valence-electron chi connectivity index (χ4n) is 2.63. The number of sulfonamides is 1. The molecule has 2 rings (SSSR count). The third-order valence-electron chi connectivity index (χ3n) is 4.18. The molecule has 0 aliphatic heterocycles. The Hall–Kier alpha value is -1.37. The van der Waals surface area contributed by atoms with Crippen molar-refractivity contribution in [1.29, 1.82) is 0 Å². The lowest BCUT2D eigenvalue weighted by Crippen LogP contribution is -2.25. The summed E-state index contributed by atoms with van der Waals surface area (Å²) in [6.45, 7) is 6.89. The lowest BCUT2D eigenvalue weighted by molar-refractivity contribution is 0.544. The van der Waals surface area contributed by atoms with Gasteiger partial charge in [0.05, 0.1) is 21.3 Å². The second-order valence-corrected chi connectivity index (χ2v) is 8.35. The van der Waals surface area contributed by atoms with Gasteiger partial charge in [0.25, 0.3) is 0 Å². The Kier molecular flexibility index (Phi) is 7.04. The number of aromatic nitrogens is 2. The van der Waals surface area contributed by atoms with Gasteiger partial charge in [-0.2, -0.15) is 5.10 Å². The second kappa shape index (κ2) is 8.83. The maximum atomic E-state index is 12.3. The lowest BCUT2D eigenvalue weighted by Gasteiger charge is -2.08. The zero-order valence-electron chi connectivity index (χ0n) is 15.0. The van der Waals surface area contributed by atoms with Gasteiger partial charge >= 0.3 is 0 Å². The monoisotopic (exact) mass is 383 g/mol. The molecule has 0 saturated heterocycles. The minimum atomic E-state index is -3.47. The zero-order chi connectivity index (χ0) is 18.4. The van der Waals surface area contributed by atoms with Gasteiger partial charge < -0.3 is 0 Å². The second-order valence-electron chi connectivity index (χ2n) is 6.21. The van der Waals surface area contributed by atoms with Crippen molar-refractivity contribution in [2.45, 2.75) is 57.9 Å². The molecule has 2 aromatic rings.